The maximum atomic E-state index is 13.1. The Morgan fingerprint density at radius 3 is 2.29 bits per heavy atom. The van der Waals surface area contributed by atoms with E-state index in [2.05, 4.69) is 10.00 Å². The normalized spacial score (nSPS) is 13.2. The zero-order valence-corrected chi connectivity index (χ0v) is 17.0. The highest BCUT2D eigenvalue weighted by Crippen LogP contribution is 2.33. The Hall–Kier alpha value is -4.06. The van der Waals surface area contributed by atoms with Crippen LogP contribution in [0.5, 0.6) is 0 Å². The molecule has 1 aliphatic rings. The second-order valence-corrected chi connectivity index (χ2v) is 7.44. The van der Waals surface area contributed by atoms with Crippen molar-refractivity contribution in [1.29, 1.82) is 0 Å². The van der Waals surface area contributed by atoms with Gasteiger partial charge in [-0.05, 0) is 23.3 Å². The molecule has 0 aliphatic carbocycles. The zero-order chi connectivity index (χ0) is 21.0. The molecule has 2 heterocycles. The van der Waals surface area contributed by atoms with Gasteiger partial charge in [0.05, 0.1) is 36.0 Å². The summed E-state index contributed by atoms with van der Waals surface area (Å²) in [6.45, 7) is 1.41. The van der Waals surface area contributed by atoms with Gasteiger partial charge in [-0.2, -0.15) is 0 Å². The molecule has 6 nitrogen and oxygen atoms in total. The summed E-state index contributed by atoms with van der Waals surface area (Å²) in [5.74, 6) is 0.0309. The van der Waals surface area contributed by atoms with Crippen molar-refractivity contribution in [3.05, 3.63) is 114 Å². The number of anilines is 2. The summed E-state index contributed by atoms with van der Waals surface area (Å²) in [5, 5.41) is 4.36. The van der Waals surface area contributed by atoms with Crippen molar-refractivity contribution in [2.45, 2.75) is 13.2 Å². The predicted molar refractivity (Wildman–Crippen MR) is 119 cm³/mol. The number of aromatic nitrogens is 2. The standard InChI is InChI=1S/C25H22N4O2/c30-25-23-13-7-8-14-24(23)28(19-27(25)16-20-9-3-1-4-10-20)22-15-26-29(17-22)31-18-21-11-5-2-6-12-21/h1-15,17H,16,18-19H2. The van der Waals surface area contributed by atoms with Gasteiger partial charge in [0, 0.05) is 6.54 Å². The van der Waals surface area contributed by atoms with E-state index in [1.54, 1.807) is 6.20 Å². The van der Waals surface area contributed by atoms with Crippen LogP contribution >= 0.6 is 0 Å². The Morgan fingerprint density at radius 1 is 0.839 bits per heavy atom. The van der Waals surface area contributed by atoms with Crippen LogP contribution in [0.1, 0.15) is 21.5 Å². The molecule has 0 spiro atoms. The fourth-order valence-corrected chi connectivity index (χ4v) is 3.74. The smallest absolute Gasteiger partial charge is 0.257 e. The first-order chi connectivity index (χ1) is 15.3. The highest BCUT2D eigenvalue weighted by molar-refractivity contribution is 6.02. The second kappa shape index (κ2) is 8.36. The lowest BCUT2D eigenvalue weighted by Crippen LogP contribution is -2.44. The van der Waals surface area contributed by atoms with Crippen molar-refractivity contribution in [2.75, 3.05) is 11.6 Å². The molecule has 0 unspecified atom stereocenters. The van der Waals surface area contributed by atoms with E-state index in [0.29, 0.717) is 25.4 Å². The molecule has 154 valence electrons. The predicted octanol–water partition coefficient (Wildman–Crippen LogP) is 4.26. The molecule has 4 aromatic rings. The third-order valence-electron chi connectivity index (χ3n) is 5.31. The van der Waals surface area contributed by atoms with E-state index < -0.39 is 0 Å². The lowest BCUT2D eigenvalue weighted by Gasteiger charge is -2.37. The van der Waals surface area contributed by atoms with Gasteiger partial charge in [0.2, 0.25) is 0 Å². The zero-order valence-electron chi connectivity index (χ0n) is 17.0. The number of nitrogens with zero attached hydrogens (tertiary/aromatic N) is 4. The maximum absolute atomic E-state index is 13.1. The molecule has 6 heteroatoms. The van der Waals surface area contributed by atoms with Crippen LogP contribution in [-0.2, 0) is 13.2 Å². The van der Waals surface area contributed by atoms with Crippen molar-refractivity contribution in [3.63, 3.8) is 0 Å². The van der Waals surface area contributed by atoms with Crippen LogP contribution in [0.4, 0.5) is 11.4 Å². The number of fused-ring (bicyclic) bond motifs is 1. The molecule has 0 radical (unpaired) electrons. The number of carbonyl (C=O) groups excluding carboxylic acids is 1. The molecule has 0 N–H and O–H groups in total. The average Bonchev–Trinajstić information content (AvgIpc) is 3.30. The second-order valence-electron chi connectivity index (χ2n) is 7.44. The minimum absolute atomic E-state index is 0.0309. The fraction of sp³-hybridized carbons (Fsp3) is 0.120. The minimum Gasteiger partial charge on any atom is -0.392 e. The quantitative estimate of drug-likeness (QED) is 0.477. The minimum atomic E-state index is 0.0309. The van der Waals surface area contributed by atoms with Crippen LogP contribution < -0.4 is 9.74 Å². The topological polar surface area (TPSA) is 50.6 Å². The third kappa shape index (κ3) is 4.00. The van der Waals surface area contributed by atoms with Crippen molar-refractivity contribution >= 4 is 17.3 Å². The van der Waals surface area contributed by atoms with Crippen LogP contribution in [0.25, 0.3) is 0 Å². The summed E-state index contributed by atoms with van der Waals surface area (Å²) in [7, 11) is 0. The molecule has 31 heavy (non-hydrogen) atoms. The van der Waals surface area contributed by atoms with Crippen LogP contribution in [-0.4, -0.2) is 27.4 Å². The fourth-order valence-electron chi connectivity index (χ4n) is 3.74. The first-order valence-electron chi connectivity index (χ1n) is 10.2. The average molecular weight is 410 g/mol. The van der Waals surface area contributed by atoms with E-state index in [1.165, 1.54) is 4.85 Å². The van der Waals surface area contributed by atoms with E-state index in [4.69, 9.17) is 4.84 Å². The number of hydrogen-bond donors (Lipinski definition) is 0. The van der Waals surface area contributed by atoms with E-state index in [-0.39, 0.29) is 5.91 Å². The number of amides is 1. The molecule has 0 bridgehead atoms. The highest BCUT2D eigenvalue weighted by Gasteiger charge is 2.30. The lowest BCUT2D eigenvalue weighted by atomic mass is 10.1. The van der Waals surface area contributed by atoms with Gasteiger partial charge in [0.1, 0.15) is 6.61 Å². The Bertz CT molecular complexity index is 1170. The molecule has 0 saturated heterocycles. The molecule has 0 fully saturated rings. The highest BCUT2D eigenvalue weighted by atomic mass is 16.7. The van der Waals surface area contributed by atoms with Gasteiger partial charge in [-0.25, -0.2) is 0 Å². The van der Waals surface area contributed by atoms with Gasteiger partial charge in [-0.3, -0.25) is 4.79 Å². The molecule has 1 amide bonds. The largest absolute Gasteiger partial charge is 0.392 e. The van der Waals surface area contributed by atoms with Crippen LogP contribution in [0.2, 0.25) is 0 Å². The first kappa shape index (κ1) is 18.9. The van der Waals surface area contributed by atoms with E-state index in [0.717, 1.165) is 22.5 Å². The molecule has 5 rings (SSSR count). The Labute approximate surface area is 180 Å². The Morgan fingerprint density at radius 2 is 1.52 bits per heavy atom. The molecule has 1 aliphatic heterocycles. The van der Waals surface area contributed by atoms with Gasteiger partial charge >= 0.3 is 0 Å². The lowest BCUT2D eigenvalue weighted by molar-refractivity contribution is 0.0700. The molecular weight excluding hydrogens is 388 g/mol. The number of hydrogen-bond acceptors (Lipinski definition) is 4. The van der Waals surface area contributed by atoms with Gasteiger partial charge in [-0.1, -0.05) is 72.8 Å². The van der Waals surface area contributed by atoms with Crippen LogP contribution in [0.3, 0.4) is 0 Å². The Balaban J connectivity index is 1.39. The van der Waals surface area contributed by atoms with Crippen LogP contribution in [0.15, 0.2) is 97.3 Å². The summed E-state index contributed by atoms with van der Waals surface area (Å²) in [6.07, 6.45) is 3.61. The van der Waals surface area contributed by atoms with Gasteiger partial charge < -0.3 is 14.6 Å². The molecule has 1 aromatic heterocycles. The Kier molecular flexibility index (Phi) is 5.10. The van der Waals surface area contributed by atoms with Crippen molar-refractivity contribution in [3.8, 4) is 0 Å². The summed E-state index contributed by atoms with van der Waals surface area (Å²) < 4.78 is 0. The maximum Gasteiger partial charge on any atom is 0.257 e. The summed E-state index contributed by atoms with van der Waals surface area (Å²) in [4.78, 5) is 24.3. The summed E-state index contributed by atoms with van der Waals surface area (Å²) >= 11 is 0. The number of rotatable bonds is 6. The van der Waals surface area contributed by atoms with Gasteiger partial charge in [0.25, 0.3) is 5.91 Å². The van der Waals surface area contributed by atoms with E-state index in [1.807, 2.05) is 96.0 Å². The number of para-hydroxylation sites is 1. The molecule has 0 saturated carbocycles. The van der Waals surface area contributed by atoms with Crippen molar-refractivity contribution < 1.29 is 9.63 Å². The van der Waals surface area contributed by atoms with Crippen molar-refractivity contribution in [2.24, 2.45) is 0 Å². The number of carbonyl (C=O) groups is 1. The van der Waals surface area contributed by atoms with E-state index >= 15 is 0 Å². The molecular formula is C25H22N4O2. The molecule has 0 atom stereocenters. The first-order valence-corrected chi connectivity index (χ1v) is 10.2. The third-order valence-corrected chi connectivity index (χ3v) is 5.31. The summed E-state index contributed by atoms with van der Waals surface area (Å²) in [5.41, 5.74) is 4.59. The summed E-state index contributed by atoms with van der Waals surface area (Å²) in [6, 6.07) is 27.7. The van der Waals surface area contributed by atoms with Gasteiger partial charge in [0.15, 0.2) is 0 Å². The van der Waals surface area contributed by atoms with Crippen LogP contribution in [0, 0.1) is 0 Å². The van der Waals surface area contributed by atoms with E-state index in [9.17, 15) is 4.79 Å². The monoisotopic (exact) mass is 410 g/mol. The molecule has 3 aromatic carbocycles. The van der Waals surface area contributed by atoms with Crippen molar-refractivity contribution in [1.82, 2.24) is 14.8 Å². The number of benzene rings is 3. The SMILES string of the molecule is O=C1c2ccccc2N(c2cnn(OCc3ccccc3)c2)CN1Cc1ccccc1. The van der Waals surface area contributed by atoms with Gasteiger partial charge in [-0.15, -0.1) is 9.94 Å².